The molecule has 11 heteroatoms. The Morgan fingerprint density at radius 1 is 1.43 bits per heavy atom. The van der Waals surface area contributed by atoms with Gasteiger partial charge in [0.2, 0.25) is 0 Å². The number of ether oxygens (including phenoxy) is 1. The van der Waals surface area contributed by atoms with Crippen molar-refractivity contribution < 1.29 is 32.2 Å². The van der Waals surface area contributed by atoms with E-state index < -0.39 is 24.5 Å². The van der Waals surface area contributed by atoms with Crippen molar-refractivity contribution in [3.63, 3.8) is 0 Å². The van der Waals surface area contributed by atoms with Crippen molar-refractivity contribution in [2.45, 2.75) is 19.1 Å². The van der Waals surface area contributed by atoms with Gasteiger partial charge < -0.3 is 4.74 Å². The van der Waals surface area contributed by atoms with Crippen molar-refractivity contribution in [2.24, 2.45) is 7.05 Å². The first-order chi connectivity index (χ1) is 9.77. The summed E-state index contributed by atoms with van der Waals surface area (Å²) in [5, 5.41) is 11.5. The molecule has 0 aromatic carbocycles. The van der Waals surface area contributed by atoms with Gasteiger partial charge in [0.15, 0.2) is 12.7 Å². The summed E-state index contributed by atoms with van der Waals surface area (Å²) in [6.45, 7) is -0.0590. The number of fused-ring (bicyclic) bond motifs is 1. The van der Waals surface area contributed by atoms with Crippen LogP contribution >= 0.6 is 0 Å². The van der Waals surface area contributed by atoms with Crippen molar-refractivity contribution in [3.05, 3.63) is 12.3 Å². The molecule has 0 amide bonds. The minimum atomic E-state index is -5.19. The van der Waals surface area contributed by atoms with E-state index in [9.17, 15) is 22.8 Å². The zero-order chi connectivity index (χ0) is 15.6. The molecule has 0 unspecified atom stereocenters. The second kappa shape index (κ2) is 5.42. The van der Waals surface area contributed by atoms with Crippen LogP contribution in [0.4, 0.5) is 13.2 Å². The van der Waals surface area contributed by atoms with Crippen LogP contribution in [0.25, 0.3) is 11.2 Å². The molecule has 2 rings (SSSR count). The third kappa shape index (κ3) is 3.49. The van der Waals surface area contributed by atoms with Gasteiger partial charge in [-0.3, -0.25) is 4.79 Å². The molecule has 0 bridgehead atoms. The molecule has 0 radical (unpaired) electrons. The molecule has 21 heavy (non-hydrogen) atoms. The monoisotopic (exact) mass is 304 g/mol. The Morgan fingerprint density at radius 3 is 2.81 bits per heavy atom. The van der Waals surface area contributed by atoms with Crippen LogP contribution < -0.4 is 4.68 Å². The fourth-order valence-electron chi connectivity index (χ4n) is 1.46. The third-order valence-corrected chi connectivity index (χ3v) is 2.46. The van der Waals surface area contributed by atoms with Gasteiger partial charge in [0.1, 0.15) is 11.9 Å². The molecule has 0 N–H and O–H groups in total. The van der Waals surface area contributed by atoms with E-state index in [0.29, 0.717) is 11.2 Å². The third-order valence-electron chi connectivity index (χ3n) is 2.46. The first-order valence-corrected chi connectivity index (χ1v) is 5.65. The van der Waals surface area contributed by atoms with Crippen LogP contribution in [0.3, 0.4) is 0 Å². The van der Waals surface area contributed by atoms with Gasteiger partial charge in [0.05, 0.1) is 0 Å². The van der Waals surface area contributed by atoms with E-state index in [-0.39, 0.29) is 6.54 Å². The van der Waals surface area contributed by atoms with E-state index in [1.807, 2.05) is 0 Å². The average molecular weight is 304 g/mol. The topological polar surface area (TPSA) is 90.9 Å². The summed E-state index contributed by atoms with van der Waals surface area (Å²) in [6.07, 6.45) is -4.13. The number of alkyl halides is 3. The zero-order valence-electron chi connectivity index (χ0n) is 10.7. The van der Waals surface area contributed by atoms with E-state index in [2.05, 4.69) is 20.1 Å². The lowest BCUT2D eigenvalue weighted by atomic mass is 10.4. The van der Waals surface area contributed by atoms with Crippen LogP contribution in [0.5, 0.6) is 0 Å². The Labute approximate surface area is 115 Å². The number of aryl methyl sites for hydroxylation is 2. The van der Waals surface area contributed by atoms with Crippen molar-refractivity contribution in [3.8, 4) is 0 Å². The van der Waals surface area contributed by atoms with Crippen LogP contribution in [-0.2, 0) is 27.9 Å². The Balaban J connectivity index is 1.95. The summed E-state index contributed by atoms with van der Waals surface area (Å²) in [7, 11) is 1.67. The van der Waals surface area contributed by atoms with Crippen molar-refractivity contribution >= 4 is 23.1 Å². The minimum Gasteiger partial charge on any atom is -0.386 e. The van der Waals surface area contributed by atoms with Gasteiger partial charge in [-0.15, -0.1) is 5.10 Å². The Bertz CT molecular complexity index is 697. The summed E-state index contributed by atoms with van der Waals surface area (Å²) in [5.74, 6) is -3.82. The first kappa shape index (κ1) is 14.8. The summed E-state index contributed by atoms with van der Waals surface area (Å²) in [4.78, 5) is 21.6. The average Bonchev–Trinajstić information content (AvgIpc) is 2.76. The molecule has 2 heterocycles. The maximum Gasteiger partial charge on any atom is 0.491 e. The molecule has 2 aromatic rings. The van der Waals surface area contributed by atoms with E-state index in [1.54, 1.807) is 13.1 Å². The van der Waals surface area contributed by atoms with Crippen molar-refractivity contribution in [1.82, 2.24) is 20.1 Å². The normalized spacial score (nSPS) is 11.6. The maximum atomic E-state index is 11.9. The number of aromatic nitrogens is 5. The molecule has 0 fully saturated rings. The molecule has 0 aliphatic heterocycles. The molecule has 0 spiro atoms. The molecule has 112 valence electrons. The first-order valence-electron chi connectivity index (χ1n) is 5.65. The van der Waals surface area contributed by atoms with Crippen molar-refractivity contribution in [2.75, 3.05) is 0 Å². The molecule has 8 nitrogen and oxygen atoms in total. The Kier molecular flexibility index (Phi) is 3.82. The number of carbonyl (C=O) groups excluding carboxylic acids is 2. The molecule has 0 saturated heterocycles. The molecular formula is C10H9F3N5O3+. The maximum absolute atomic E-state index is 11.9. The molecule has 2 aromatic heterocycles. The smallest absolute Gasteiger partial charge is 0.386 e. The zero-order valence-corrected chi connectivity index (χ0v) is 10.7. The number of rotatable bonds is 3. The van der Waals surface area contributed by atoms with Gasteiger partial charge in [0, 0.05) is 18.2 Å². The highest BCUT2D eigenvalue weighted by Crippen LogP contribution is 2.16. The SMILES string of the molecule is Cn1nnc2n[n+](CCC(=O)OC(=O)C(F)(F)F)ccc21. The lowest BCUT2D eigenvalue weighted by Crippen LogP contribution is -2.39. The highest BCUT2D eigenvalue weighted by atomic mass is 19.4. The minimum absolute atomic E-state index is 0.0590. The predicted molar refractivity (Wildman–Crippen MR) is 58.3 cm³/mol. The number of carbonyl (C=O) groups is 2. The summed E-state index contributed by atoms with van der Waals surface area (Å²) >= 11 is 0. The summed E-state index contributed by atoms with van der Waals surface area (Å²) < 4.78 is 42.1. The van der Waals surface area contributed by atoms with Gasteiger partial charge in [-0.25, -0.2) is 9.48 Å². The second-order valence-corrected chi connectivity index (χ2v) is 4.01. The highest BCUT2D eigenvalue weighted by Gasteiger charge is 2.42. The number of nitrogens with zero attached hydrogens (tertiary/aromatic N) is 5. The van der Waals surface area contributed by atoms with Gasteiger partial charge in [-0.05, 0) is 0 Å². The Hall–Kier alpha value is -2.59. The van der Waals surface area contributed by atoms with Crippen LogP contribution in [0.15, 0.2) is 12.3 Å². The number of hydrogen-bond acceptors (Lipinski definition) is 6. The van der Waals surface area contributed by atoms with Gasteiger partial charge in [-0.1, -0.05) is 9.90 Å². The van der Waals surface area contributed by atoms with Crippen LogP contribution in [0.2, 0.25) is 0 Å². The van der Waals surface area contributed by atoms with Crippen LogP contribution in [0.1, 0.15) is 6.42 Å². The number of esters is 2. The molecule has 0 aliphatic rings. The fraction of sp³-hybridized carbons (Fsp3) is 0.400. The van der Waals surface area contributed by atoms with E-state index in [0.717, 1.165) is 0 Å². The molecule has 0 atom stereocenters. The van der Waals surface area contributed by atoms with Crippen LogP contribution in [0, 0.1) is 0 Å². The molecular weight excluding hydrogens is 295 g/mol. The quantitative estimate of drug-likeness (QED) is 0.438. The van der Waals surface area contributed by atoms with E-state index in [4.69, 9.17) is 0 Å². The molecule has 0 saturated carbocycles. The lowest BCUT2D eigenvalue weighted by Gasteiger charge is -2.03. The molecule has 0 aliphatic carbocycles. The summed E-state index contributed by atoms with van der Waals surface area (Å²) in [5.41, 5.74) is 0.973. The second-order valence-electron chi connectivity index (χ2n) is 4.01. The van der Waals surface area contributed by atoms with E-state index >= 15 is 0 Å². The summed E-state index contributed by atoms with van der Waals surface area (Å²) in [6, 6.07) is 1.63. The van der Waals surface area contributed by atoms with E-state index in [1.165, 1.54) is 15.6 Å². The number of hydrogen-bond donors (Lipinski definition) is 0. The lowest BCUT2D eigenvalue weighted by molar-refractivity contribution is -0.750. The number of halogens is 3. The fourth-order valence-corrected chi connectivity index (χ4v) is 1.46. The largest absolute Gasteiger partial charge is 0.491 e. The van der Waals surface area contributed by atoms with Gasteiger partial charge >= 0.3 is 18.1 Å². The highest BCUT2D eigenvalue weighted by molar-refractivity contribution is 5.88. The van der Waals surface area contributed by atoms with Gasteiger partial charge in [0.25, 0.3) is 5.65 Å². The van der Waals surface area contributed by atoms with Gasteiger partial charge in [-0.2, -0.15) is 13.2 Å². The predicted octanol–water partition coefficient (Wildman–Crippen LogP) is -0.327. The van der Waals surface area contributed by atoms with Crippen LogP contribution in [-0.4, -0.2) is 38.2 Å². The van der Waals surface area contributed by atoms with Crippen molar-refractivity contribution in [1.29, 1.82) is 0 Å². The Morgan fingerprint density at radius 2 is 2.14 bits per heavy atom. The standard InChI is InChI=1S/C10H9F3N5O3/c1-17-6-2-4-18(15-8(6)14-16-17)5-3-7(19)21-9(20)10(11,12)13/h2,4H,3,5H2,1H3/q+1.